The van der Waals surface area contributed by atoms with Crippen LogP contribution in [0.3, 0.4) is 0 Å². The van der Waals surface area contributed by atoms with Crippen LogP contribution in [0.4, 0.5) is 5.13 Å². The van der Waals surface area contributed by atoms with Crippen LogP contribution in [0.2, 0.25) is 0 Å². The maximum absolute atomic E-state index is 13.1. The summed E-state index contributed by atoms with van der Waals surface area (Å²) in [5.74, 6) is -1.87. The quantitative estimate of drug-likeness (QED) is 0.0725. The zero-order valence-corrected chi connectivity index (χ0v) is 21.8. The molecule has 0 saturated carbocycles. The van der Waals surface area contributed by atoms with E-state index in [1.165, 1.54) is 19.2 Å². The van der Waals surface area contributed by atoms with Gasteiger partial charge in [-0.1, -0.05) is 5.16 Å². The summed E-state index contributed by atoms with van der Waals surface area (Å²) in [5, 5.41) is 13.6. The van der Waals surface area contributed by atoms with Crippen LogP contribution in [0, 0.1) is 18.3 Å². The summed E-state index contributed by atoms with van der Waals surface area (Å²) in [6.07, 6.45) is -0.352. The molecule has 1 atom stereocenters. The number of nitrogens with one attached hydrogen (secondary N) is 1. The van der Waals surface area contributed by atoms with Crippen molar-refractivity contribution in [2.24, 2.45) is 16.8 Å². The van der Waals surface area contributed by atoms with Crippen molar-refractivity contribution in [1.82, 2.24) is 10.0 Å². The average Bonchev–Trinajstić information content (AvgIpc) is 3.22. The van der Waals surface area contributed by atoms with E-state index in [1.807, 2.05) is 0 Å². The fourth-order valence-corrected chi connectivity index (χ4v) is 4.62. The number of ether oxygens (including phenoxy) is 1. The van der Waals surface area contributed by atoms with Crippen molar-refractivity contribution in [1.29, 1.82) is 5.41 Å². The number of hydrogen-bond acceptors (Lipinski definition) is 12. The second-order valence-electron chi connectivity index (χ2n) is 8.55. The summed E-state index contributed by atoms with van der Waals surface area (Å²) in [6, 6.07) is 5.05. The average molecular weight is 555 g/mol. The monoisotopic (exact) mass is 554 g/mol. The molecule has 0 bridgehead atoms. The summed E-state index contributed by atoms with van der Waals surface area (Å²) in [5.41, 5.74) is 11.3. The minimum Gasteiger partial charge on any atom is -0.490 e. The smallest absolute Gasteiger partial charge is 0.418 e. The first-order valence-electron chi connectivity index (χ1n) is 10.7. The summed E-state index contributed by atoms with van der Waals surface area (Å²) >= 11 is 1.08. The Kier molecular flexibility index (Phi) is 8.16. The number of aryl methyl sites for hydroxylation is 1. The van der Waals surface area contributed by atoms with Gasteiger partial charge in [0.25, 0.3) is 5.91 Å². The number of rotatable bonds is 12. The van der Waals surface area contributed by atoms with Gasteiger partial charge < -0.3 is 21.0 Å². The van der Waals surface area contributed by atoms with Gasteiger partial charge in [-0.25, -0.2) is 4.98 Å². The molecule has 1 aliphatic rings. The molecule has 1 amide bonds. The van der Waals surface area contributed by atoms with E-state index in [2.05, 4.69) is 14.4 Å². The lowest BCUT2D eigenvalue weighted by molar-refractivity contribution is -0.228. The van der Waals surface area contributed by atoms with Crippen LogP contribution >= 0.6 is 11.3 Å². The molecular formula is C21H26N6O8S2. The zero-order valence-electron chi connectivity index (χ0n) is 20.1. The molecule has 2 heterocycles. The Hall–Kier alpha value is -3.60. The molecule has 37 heavy (non-hydrogen) atoms. The number of carbonyl (C=O) groups excluding carboxylic acids is 2. The fourth-order valence-electron chi connectivity index (χ4n) is 3.62. The Morgan fingerprint density at radius 2 is 2.05 bits per heavy atom. The first-order chi connectivity index (χ1) is 17.2. The Bertz CT molecular complexity index is 1350. The molecule has 0 radical (unpaired) electrons. The lowest BCUT2D eigenvalue weighted by Crippen LogP contribution is -2.68. The number of oxime groups is 1. The van der Waals surface area contributed by atoms with Crippen molar-refractivity contribution in [3.8, 4) is 5.75 Å². The number of nitrogens with zero attached hydrogens (tertiary/aromatic N) is 3. The number of amidine groups is 1. The molecule has 2 aromatic rings. The molecule has 1 aliphatic heterocycles. The van der Waals surface area contributed by atoms with Gasteiger partial charge in [0.05, 0.1) is 11.5 Å². The van der Waals surface area contributed by atoms with E-state index in [4.69, 9.17) is 31.0 Å². The molecule has 14 nitrogen and oxygen atoms in total. The molecular weight excluding hydrogens is 528 g/mol. The van der Waals surface area contributed by atoms with Crippen molar-refractivity contribution >= 4 is 50.1 Å². The van der Waals surface area contributed by atoms with Crippen LogP contribution < -0.4 is 16.2 Å². The first-order valence-corrected chi connectivity index (χ1v) is 13.0. The molecule has 1 fully saturated rings. The Labute approximate surface area is 216 Å². The third-order valence-corrected chi connectivity index (χ3v) is 6.56. The predicted octanol–water partition coefficient (Wildman–Crippen LogP) is 1.05. The van der Waals surface area contributed by atoms with Crippen LogP contribution in [-0.2, 0) is 29.1 Å². The SMILES string of the molecule is Cc1cc(OCCO/N=C(\C(=O)CC2C(=O)N(OS(=O)(=O)O)C2(C)C)c2csc(N)n2)ccc1C(=N)N. The van der Waals surface area contributed by atoms with Gasteiger partial charge in [-0.2, -0.15) is 13.5 Å². The number of anilines is 1. The second kappa shape index (κ2) is 10.8. The van der Waals surface area contributed by atoms with Crippen LogP contribution in [0.1, 0.15) is 37.1 Å². The highest BCUT2D eigenvalue weighted by atomic mass is 32.3. The van der Waals surface area contributed by atoms with Gasteiger partial charge >= 0.3 is 10.4 Å². The van der Waals surface area contributed by atoms with Crippen molar-refractivity contribution in [2.45, 2.75) is 32.7 Å². The maximum Gasteiger partial charge on any atom is 0.418 e. The van der Waals surface area contributed by atoms with E-state index >= 15 is 0 Å². The number of benzene rings is 1. The topological polar surface area (TPSA) is 221 Å². The van der Waals surface area contributed by atoms with Crippen molar-refractivity contribution in [2.75, 3.05) is 18.9 Å². The minimum atomic E-state index is -4.92. The maximum atomic E-state index is 13.1. The Balaban J connectivity index is 1.65. The summed E-state index contributed by atoms with van der Waals surface area (Å²) in [7, 11) is -4.92. The molecule has 1 unspecified atom stereocenters. The van der Waals surface area contributed by atoms with Gasteiger partial charge in [0, 0.05) is 17.4 Å². The van der Waals surface area contributed by atoms with Gasteiger partial charge in [-0.15, -0.1) is 15.6 Å². The largest absolute Gasteiger partial charge is 0.490 e. The molecule has 3 rings (SSSR count). The van der Waals surface area contributed by atoms with E-state index < -0.39 is 33.5 Å². The van der Waals surface area contributed by atoms with Gasteiger partial charge in [-0.3, -0.25) is 19.6 Å². The fraction of sp³-hybridized carbons (Fsp3) is 0.381. The molecule has 200 valence electrons. The van der Waals surface area contributed by atoms with E-state index in [1.54, 1.807) is 25.1 Å². The van der Waals surface area contributed by atoms with Gasteiger partial charge in [0.1, 0.15) is 23.9 Å². The summed E-state index contributed by atoms with van der Waals surface area (Å²) in [4.78, 5) is 34.8. The molecule has 0 spiro atoms. The Morgan fingerprint density at radius 3 is 2.59 bits per heavy atom. The number of ketones is 1. The third-order valence-electron chi connectivity index (χ3n) is 5.55. The number of hydroxylamine groups is 2. The number of hydrogen-bond donors (Lipinski definition) is 4. The van der Waals surface area contributed by atoms with E-state index in [0.717, 1.165) is 16.9 Å². The normalized spacial score (nSPS) is 17.3. The van der Waals surface area contributed by atoms with E-state index in [9.17, 15) is 18.0 Å². The highest BCUT2D eigenvalue weighted by molar-refractivity contribution is 7.80. The highest BCUT2D eigenvalue weighted by Gasteiger charge is 2.57. The van der Waals surface area contributed by atoms with Gasteiger partial charge in [0.15, 0.2) is 23.2 Å². The number of carbonyl (C=O) groups is 2. The van der Waals surface area contributed by atoms with Gasteiger partial charge in [0.2, 0.25) is 0 Å². The number of β-lactam (4-membered cyclic amide) rings is 1. The molecule has 16 heteroatoms. The molecule has 1 saturated heterocycles. The minimum absolute atomic E-state index is 0.0340. The number of amides is 1. The number of Topliss-reactive ketones (excluding diaryl/α,β-unsaturated/α-hetero) is 1. The zero-order chi connectivity index (χ0) is 27.5. The van der Waals surface area contributed by atoms with Crippen LogP contribution in [0.15, 0.2) is 28.7 Å². The second-order valence-corrected chi connectivity index (χ2v) is 10.4. The highest BCUT2D eigenvalue weighted by Crippen LogP contribution is 2.40. The molecule has 1 aromatic carbocycles. The standard InChI is InChI=1S/C21H26N6O8S2/c1-11-8-12(4-5-13(11)18(22)23)33-6-7-34-26-17(15-10-36-20(24)25-15)16(28)9-14-19(29)27(21(14,2)3)35-37(30,31)32/h4-5,8,10,14H,6-7,9H2,1-3H3,(H3,22,23)(H2,24,25)(H,30,31,32)/b26-17-. The van der Waals surface area contributed by atoms with Crippen LogP contribution in [0.25, 0.3) is 0 Å². The van der Waals surface area contributed by atoms with E-state index in [0.29, 0.717) is 16.4 Å². The molecule has 6 N–H and O–H groups in total. The number of thiazole rings is 1. The summed E-state index contributed by atoms with van der Waals surface area (Å²) < 4.78 is 40.8. The predicted molar refractivity (Wildman–Crippen MR) is 133 cm³/mol. The number of nitrogen functional groups attached to an aromatic ring is 2. The third kappa shape index (κ3) is 6.59. The van der Waals surface area contributed by atoms with Gasteiger partial charge in [-0.05, 0) is 44.5 Å². The number of nitrogens with two attached hydrogens (primary N) is 2. The lowest BCUT2D eigenvalue weighted by Gasteiger charge is -2.50. The first kappa shape index (κ1) is 28.0. The van der Waals surface area contributed by atoms with Crippen molar-refractivity contribution in [3.05, 3.63) is 40.4 Å². The lowest BCUT2D eigenvalue weighted by atomic mass is 9.74. The van der Waals surface area contributed by atoms with Crippen LogP contribution in [-0.4, -0.2) is 65.0 Å². The van der Waals surface area contributed by atoms with Crippen molar-refractivity contribution < 1.29 is 36.4 Å². The molecule has 0 aliphatic carbocycles. The van der Waals surface area contributed by atoms with Crippen LogP contribution in [0.5, 0.6) is 5.75 Å². The summed E-state index contributed by atoms with van der Waals surface area (Å²) in [6.45, 7) is 4.80. The van der Waals surface area contributed by atoms with Crippen molar-refractivity contribution in [3.63, 3.8) is 0 Å². The van der Waals surface area contributed by atoms with E-state index in [-0.39, 0.29) is 42.0 Å². The Morgan fingerprint density at radius 1 is 1.35 bits per heavy atom. The number of aromatic nitrogens is 1. The molecule has 1 aromatic heterocycles.